The Kier molecular flexibility index (Phi) is 6.28. The highest BCUT2D eigenvalue weighted by Gasteiger charge is 2.42. The van der Waals surface area contributed by atoms with Crippen molar-refractivity contribution in [3.63, 3.8) is 0 Å². The Morgan fingerprint density at radius 1 is 0.429 bits per heavy atom. The predicted octanol–water partition coefficient (Wildman–Crippen LogP) is 10.7. The number of allylic oxidation sites excluding steroid dienone is 2. The van der Waals surface area contributed by atoms with Gasteiger partial charge in [-0.15, -0.1) is 0 Å². The van der Waals surface area contributed by atoms with Gasteiger partial charge in [0.2, 0.25) is 0 Å². The molecule has 0 radical (unpaired) electrons. The predicted molar refractivity (Wildman–Crippen MR) is 199 cm³/mol. The maximum Gasteiger partial charge on any atom is 0.164 e. The molecule has 49 heavy (non-hydrogen) atoms. The minimum Gasteiger partial charge on any atom is -0.484 e. The highest BCUT2D eigenvalue weighted by Crippen LogP contribution is 2.51. The Hall–Kier alpha value is -6.39. The first-order valence-corrected chi connectivity index (χ1v) is 16.7. The molecule has 230 valence electrons. The van der Waals surface area contributed by atoms with Crippen LogP contribution in [0.3, 0.4) is 0 Å². The molecule has 10 rings (SSSR count). The molecule has 2 heterocycles. The van der Waals surface area contributed by atoms with E-state index in [-0.39, 0.29) is 12.0 Å². The third-order valence-electron chi connectivity index (χ3n) is 9.93. The van der Waals surface area contributed by atoms with Gasteiger partial charge in [-0.05, 0) is 50.0 Å². The lowest BCUT2D eigenvalue weighted by Gasteiger charge is -2.28. The molecule has 0 fully saturated rings. The molecule has 4 heteroatoms. The van der Waals surface area contributed by atoms with E-state index in [0.29, 0.717) is 17.5 Å². The van der Waals surface area contributed by atoms with E-state index in [0.717, 1.165) is 49.9 Å². The standard InChI is InChI=1S/C45H29N3O/c1-2-13-31(14-3-1)43-46-44(36-19-10-15-28-11-4-6-16-33(28)36)48-45(47-43)38-26-25-35(42-41(38)37-18-8-9-20-40(37)49-42)32-24-23-30-22-21-29-12-5-7-17-34(29)39(30)27-32/h1-27,41-42H. The van der Waals surface area contributed by atoms with Crippen molar-refractivity contribution in [1.82, 2.24) is 15.0 Å². The molecule has 0 saturated heterocycles. The summed E-state index contributed by atoms with van der Waals surface area (Å²) in [5.41, 5.74) is 6.39. The van der Waals surface area contributed by atoms with E-state index in [1.165, 1.54) is 21.5 Å². The molecule has 2 aliphatic rings. The first-order valence-electron chi connectivity index (χ1n) is 16.7. The van der Waals surface area contributed by atoms with Crippen molar-refractivity contribution in [2.24, 2.45) is 0 Å². The molecule has 1 aromatic heterocycles. The van der Waals surface area contributed by atoms with Crippen LogP contribution in [0.4, 0.5) is 0 Å². The van der Waals surface area contributed by atoms with Crippen LogP contribution >= 0.6 is 0 Å². The number of ether oxygens (including phenoxy) is 1. The molecule has 0 amide bonds. The summed E-state index contributed by atoms with van der Waals surface area (Å²) in [6, 6.07) is 53.0. The van der Waals surface area contributed by atoms with Gasteiger partial charge < -0.3 is 4.74 Å². The first-order chi connectivity index (χ1) is 24.3. The Balaban J connectivity index is 1.19. The Bertz CT molecular complexity index is 2650. The fraction of sp³-hybridized carbons (Fsp3) is 0.0444. The van der Waals surface area contributed by atoms with Crippen molar-refractivity contribution in [2.45, 2.75) is 12.0 Å². The normalized spacial score (nSPS) is 16.6. The lowest BCUT2D eigenvalue weighted by atomic mass is 9.78. The van der Waals surface area contributed by atoms with Gasteiger partial charge in [0.25, 0.3) is 0 Å². The molecule has 4 nitrogen and oxygen atoms in total. The molecule has 2 atom stereocenters. The summed E-state index contributed by atoms with van der Waals surface area (Å²) in [6.07, 6.45) is 4.17. The third kappa shape index (κ3) is 4.56. The highest BCUT2D eigenvalue weighted by molar-refractivity contribution is 6.08. The van der Waals surface area contributed by atoms with Crippen LogP contribution in [0.15, 0.2) is 164 Å². The number of fused-ring (bicyclic) bond motifs is 7. The van der Waals surface area contributed by atoms with Gasteiger partial charge in [0.1, 0.15) is 11.9 Å². The Labute approximate surface area is 283 Å². The van der Waals surface area contributed by atoms with Crippen molar-refractivity contribution in [2.75, 3.05) is 0 Å². The largest absolute Gasteiger partial charge is 0.484 e. The summed E-state index contributed by atoms with van der Waals surface area (Å²) >= 11 is 0. The van der Waals surface area contributed by atoms with Crippen LogP contribution in [-0.4, -0.2) is 21.1 Å². The second kappa shape index (κ2) is 11.1. The minimum absolute atomic E-state index is 0.0918. The van der Waals surface area contributed by atoms with E-state index in [2.05, 4.69) is 140 Å². The van der Waals surface area contributed by atoms with Gasteiger partial charge in [0.05, 0.1) is 5.92 Å². The molecule has 0 N–H and O–H groups in total. The second-order valence-corrected chi connectivity index (χ2v) is 12.7. The Morgan fingerprint density at radius 3 is 1.94 bits per heavy atom. The molecule has 1 aliphatic carbocycles. The van der Waals surface area contributed by atoms with Crippen molar-refractivity contribution < 1.29 is 4.74 Å². The van der Waals surface area contributed by atoms with Crippen LogP contribution in [0.5, 0.6) is 5.75 Å². The zero-order valence-electron chi connectivity index (χ0n) is 26.5. The number of para-hydroxylation sites is 1. The first kappa shape index (κ1) is 27.7. The van der Waals surface area contributed by atoms with Crippen LogP contribution in [0.1, 0.15) is 22.9 Å². The molecule has 1 aliphatic heterocycles. The molecular weight excluding hydrogens is 599 g/mol. The monoisotopic (exact) mass is 627 g/mol. The average molecular weight is 628 g/mol. The summed E-state index contributed by atoms with van der Waals surface area (Å²) in [5.74, 6) is 2.77. The Morgan fingerprint density at radius 2 is 1.06 bits per heavy atom. The van der Waals surface area contributed by atoms with Crippen molar-refractivity contribution in [3.05, 3.63) is 181 Å². The quantitative estimate of drug-likeness (QED) is 0.182. The molecule has 0 spiro atoms. The van der Waals surface area contributed by atoms with Crippen LogP contribution < -0.4 is 4.74 Å². The van der Waals surface area contributed by atoms with Gasteiger partial charge in [0.15, 0.2) is 17.5 Å². The summed E-state index contributed by atoms with van der Waals surface area (Å²) in [4.78, 5) is 15.5. The second-order valence-electron chi connectivity index (χ2n) is 12.7. The van der Waals surface area contributed by atoms with Crippen LogP contribution in [0, 0.1) is 0 Å². The van der Waals surface area contributed by atoms with Gasteiger partial charge in [0, 0.05) is 27.8 Å². The number of rotatable bonds is 4. The zero-order valence-corrected chi connectivity index (χ0v) is 26.5. The maximum atomic E-state index is 6.84. The zero-order chi connectivity index (χ0) is 32.3. The van der Waals surface area contributed by atoms with Crippen molar-refractivity contribution in [1.29, 1.82) is 0 Å². The fourth-order valence-electron chi connectivity index (χ4n) is 7.58. The fourth-order valence-corrected chi connectivity index (χ4v) is 7.58. The summed E-state index contributed by atoms with van der Waals surface area (Å²) in [5, 5.41) is 7.21. The van der Waals surface area contributed by atoms with Crippen molar-refractivity contribution in [3.8, 4) is 28.5 Å². The molecule has 0 bridgehead atoms. The SMILES string of the molecule is C1=C(c2ccc3ccc4ccccc4c3c2)C2Oc3ccccc3C2C(c2nc(-c3ccccc3)nc(-c3cccc4ccccc34)n2)=C1. The summed E-state index contributed by atoms with van der Waals surface area (Å²) in [6.45, 7) is 0. The lowest BCUT2D eigenvalue weighted by Crippen LogP contribution is -2.25. The van der Waals surface area contributed by atoms with Gasteiger partial charge in [-0.2, -0.15) is 0 Å². The highest BCUT2D eigenvalue weighted by atomic mass is 16.5. The van der Waals surface area contributed by atoms with E-state index in [9.17, 15) is 0 Å². The summed E-state index contributed by atoms with van der Waals surface area (Å²) < 4.78 is 6.84. The number of hydrogen-bond acceptors (Lipinski definition) is 4. The van der Waals surface area contributed by atoms with Crippen LogP contribution in [0.25, 0.3) is 66.2 Å². The molecule has 7 aromatic carbocycles. The van der Waals surface area contributed by atoms with Crippen LogP contribution in [0.2, 0.25) is 0 Å². The number of benzene rings is 7. The molecule has 0 saturated carbocycles. The van der Waals surface area contributed by atoms with Gasteiger partial charge >= 0.3 is 0 Å². The lowest BCUT2D eigenvalue weighted by molar-refractivity contribution is 0.281. The van der Waals surface area contributed by atoms with Crippen LogP contribution in [-0.2, 0) is 0 Å². The van der Waals surface area contributed by atoms with E-state index in [1.54, 1.807) is 0 Å². The van der Waals surface area contributed by atoms with Crippen molar-refractivity contribution >= 4 is 43.5 Å². The van der Waals surface area contributed by atoms with E-state index in [1.807, 2.05) is 24.3 Å². The van der Waals surface area contributed by atoms with Gasteiger partial charge in [-0.1, -0.05) is 152 Å². The molecule has 8 aromatic rings. The van der Waals surface area contributed by atoms with E-state index < -0.39 is 0 Å². The van der Waals surface area contributed by atoms with E-state index >= 15 is 0 Å². The average Bonchev–Trinajstić information content (AvgIpc) is 3.57. The smallest absolute Gasteiger partial charge is 0.164 e. The minimum atomic E-state index is -0.234. The molecular formula is C45H29N3O. The third-order valence-corrected chi connectivity index (χ3v) is 9.93. The number of aromatic nitrogens is 3. The summed E-state index contributed by atoms with van der Waals surface area (Å²) in [7, 11) is 0. The number of hydrogen-bond donors (Lipinski definition) is 0. The van der Waals surface area contributed by atoms with E-state index in [4.69, 9.17) is 19.7 Å². The maximum absolute atomic E-state index is 6.84. The van der Waals surface area contributed by atoms with Gasteiger partial charge in [-0.3, -0.25) is 0 Å². The molecule has 2 unspecified atom stereocenters. The van der Waals surface area contributed by atoms with Gasteiger partial charge in [-0.25, -0.2) is 15.0 Å². The topological polar surface area (TPSA) is 47.9 Å². The number of nitrogens with zero attached hydrogens (tertiary/aromatic N) is 3.